The van der Waals surface area contributed by atoms with Crippen LogP contribution in [0.15, 0.2) is 16.6 Å². The topological polar surface area (TPSA) is 47.7 Å². The van der Waals surface area contributed by atoms with Crippen molar-refractivity contribution in [3.05, 3.63) is 22.2 Å². The van der Waals surface area contributed by atoms with Crippen LogP contribution < -0.4 is 15.2 Å². The molecule has 1 fully saturated rings. The van der Waals surface area contributed by atoms with E-state index < -0.39 is 0 Å². The normalized spacial score (nSPS) is 22.3. The number of benzene rings is 1. The maximum atomic E-state index is 5.76. The van der Waals surface area contributed by atoms with Crippen LogP contribution >= 0.6 is 15.9 Å². The maximum absolute atomic E-state index is 5.76. The van der Waals surface area contributed by atoms with Gasteiger partial charge in [0.25, 0.3) is 0 Å². The number of nitrogens with zero attached hydrogens (tertiary/aromatic N) is 1. The van der Waals surface area contributed by atoms with Crippen LogP contribution in [0.4, 0.5) is 0 Å². The van der Waals surface area contributed by atoms with Crippen molar-refractivity contribution in [1.82, 2.24) is 4.90 Å². The summed E-state index contributed by atoms with van der Waals surface area (Å²) in [5, 5.41) is 0. The zero-order valence-corrected chi connectivity index (χ0v) is 13.9. The largest absolute Gasteiger partial charge is 0.486 e. The molecule has 1 unspecified atom stereocenters. The Morgan fingerprint density at radius 1 is 1.19 bits per heavy atom. The second-order valence-electron chi connectivity index (χ2n) is 5.78. The highest BCUT2D eigenvalue weighted by Gasteiger charge is 2.23. The van der Waals surface area contributed by atoms with Crippen molar-refractivity contribution in [1.29, 1.82) is 0 Å². The number of hydrogen-bond donors (Lipinski definition) is 1. The highest BCUT2D eigenvalue weighted by atomic mass is 79.9. The van der Waals surface area contributed by atoms with Crippen molar-refractivity contribution in [3.8, 4) is 11.5 Å². The number of halogens is 1. The van der Waals surface area contributed by atoms with Gasteiger partial charge in [0.1, 0.15) is 13.2 Å². The van der Waals surface area contributed by atoms with Crippen LogP contribution in [-0.2, 0) is 6.54 Å². The molecule has 0 aliphatic carbocycles. The van der Waals surface area contributed by atoms with Crippen LogP contribution in [0.5, 0.6) is 11.5 Å². The highest BCUT2D eigenvalue weighted by Crippen LogP contribution is 2.36. The first-order valence-corrected chi connectivity index (χ1v) is 8.59. The first kappa shape index (κ1) is 15.1. The summed E-state index contributed by atoms with van der Waals surface area (Å²) in [7, 11) is 0. The molecule has 3 rings (SSSR count). The Hall–Kier alpha value is -0.780. The van der Waals surface area contributed by atoms with Gasteiger partial charge >= 0.3 is 0 Å². The predicted molar refractivity (Wildman–Crippen MR) is 86.9 cm³/mol. The van der Waals surface area contributed by atoms with Gasteiger partial charge in [-0.1, -0.05) is 22.4 Å². The number of nitrogens with two attached hydrogens (primary N) is 1. The minimum Gasteiger partial charge on any atom is -0.486 e. The van der Waals surface area contributed by atoms with Crippen molar-refractivity contribution in [2.45, 2.75) is 38.3 Å². The number of rotatable bonds is 4. The van der Waals surface area contributed by atoms with Crippen molar-refractivity contribution >= 4 is 15.9 Å². The smallest absolute Gasteiger partial charge is 0.162 e. The number of hydrogen-bond acceptors (Lipinski definition) is 4. The zero-order valence-electron chi connectivity index (χ0n) is 12.3. The van der Waals surface area contributed by atoms with Crippen molar-refractivity contribution in [2.24, 2.45) is 5.73 Å². The van der Waals surface area contributed by atoms with Crippen molar-refractivity contribution in [2.75, 3.05) is 26.3 Å². The lowest BCUT2D eigenvalue weighted by atomic mass is 9.98. The van der Waals surface area contributed by atoms with Gasteiger partial charge in [-0.15, -0.1) is 0 Å². The average Bonchev–Trinajstić information content (AvgIpc) is 2.50. The molecule has 2 aliphatic heterocycles. The van der Waals surface area contributed by atoms with Gasteiger partial charge in [0.2, 0.25) is 0 Å². The lowest BCUT2D eigenvalue weighted by molar-refractivity contribution is 0.133. The number of fused-ring (bicyclic) bond motifs is 1. The molecule has 1 aromatic rings. The molecular formula is C16H23BrN2O2. The summed E-state index contributed by atoms with van der Waals surface area (Å²) in [4.78, 5) is 2.56. The third kappa shape index (κ3) is 3.52. The quantitative estimate of drug-likeness (QED) is 0.902. The third-order valence-electron chi connectivity index (χ3n) is 4.33. The highest BCUT2D eigenvalue weighted by molar-refractivity contribution is 9.10. The van der Waals surface area contributed by atoms with E-state index in [1.54, 1.807) is 0 Å². The molecule has 0 amide bonds. The van der Waals surface area contributed by atoms with E-state index in [9.17, 15) is 0 Å². The Labute approximate surface area is 134 Å². The molecular weight excluding hydrogens is 332 g/mol. The first-order chi connectivity index (χ1) is 10.3. The second kappa shape index (κ2) is 6.99. The number of piperidine rings is 1. The summed E-state index contributed by atoms with van der Waals surface area (Å²) in [6.07, 6.45) is 4.95. The van der Waals surface area contributed by atoms with Gasteiger partial charge in [-0.05, 0) is 50.0 Å². The summed E-state index contributed by atoms with van der Waals surface area (Å²) in [6.45, 7) is 4.13. The van der Waals surface area contributed by atoms with Crippen molar-refractivity contribution < 1.29 is 9.47 Å². The molecule has 1 aromatic carbocycles. The second-order valence-corrected chi connectivity index (χ2v) is 6.64. The lowest BCUT2D eigenvalue weighted by Gasteiger charge is -2.36. The maximum Gasteiger partial charge on any atom is 0.162 e. The first-order valence-electron chi connectivity index (χ1n) is 7.80. The van der Waals surface area contributed by atoms with Crippen LogP contribution in [0.3, 0.4) is 0 Å². The summed E-state index contributed by atoms with van der Waals surface area (Å²) >= 11 is 3.67. The SMILES string of the molecule is NCCC1CCCCN1Cc1cc2c(cc1Br)OCCO2. The fourth-order valence-electron chi connectivity index (χ4n) is 3.23. The molecule has 4 nitrogen and oxygen atoms in total. The molecule has 1 atom stereocenters. The van der Waals surface area contributed by atoms with Gasteiger partial charge in [-0.3, -0.25) is 4.90 Å². The lowest BCUT2D eigenvalue weighted by Crippen LogP contribution is -2.40. The molecule has 116 valence electrons. The molecule has 0 radical (unpaired) electrons. The monoisotopic (exact) mass is 354 g/mol. The number of likely N-dealkylation sites (tertiary alicyclic amines) is 1. The molecule has 2 heterocycles. The van der Waals surface area contributed by atoms with E-state index in [-0.39, 0.29) is 0 Å². The summed E-state index contributed by atoms with van der Waals surface area (Å²) in [6, 6.07) is 4.77. The molecule has 5 heteroatoms. The Kier molecular flexibility index (Phi) is 5.03. The fraction of sp³-hybridized carbons (Fsp3) is 0.625. The standard InChI is InChI=1S/C16H23BrN2O2/c17-14-10-16-15(20-7-8-21-16)9-12(14)11-19-6-2-1-3-13(19)4-5-18/h9-10,13H,1-8,11,18H2. The van der Waals surface area contributed by atoms with E-state index in [0.29, 0.717) is 19.3 Å². The molecule has 1 saturated heterocycles. The van der Waals surface area contributed by atoms with Crippen LogP contribution in [0.25, 0.3) is 0 Å². The van der Waals surface area contributed by atoms with E-state index in [2.05, 4.69) is 26.9 Å². The molecule has 0 saturated carbocycles. The van der Waals surface area contributed by atoms with Gasteiger partial charge in [-0.25, -0.2) is 0 Å². The Balaban J connectivity index is 1.76. The van der Waals surface area contributed by atoms with Crippen LogP contribution in [-0.4, -0.2) is 37.2 Å². The van der Waals surface area contributed by atoms with E-state index >= 15 is 0 Å². The van der Waals surface area contributed by atoms with Gasteiger partial charge in [0.05, 0.1) is 0 Å². The van der Waals surface area contributed by atoms with E-state index in [4.69, 9.17) is 15.2 Å². The minimum atomic E-state index is 0.615. The van der Waals surface area contributed by atoms with Gasteiger partial charge in [-0.2, -0.15) is 0 Å². The van der Waals surface area contributed by atoms with Crippen LogP contribution in [0.1, 0.15) is 31.2 Å². The molecule has 2 N–H and O–H groups in total. The van der Waals surface area contributed by atoms with E-state index in [1.807, 2.05) is 6.07 Å². The zero-order chi connectivity index (χ0) is 14.7. The van der Waals surface area contributed by atoms with E-state index in [0.717, 1.165) is 42.0 Å². The summed E-state index contributed by atoms with van der Waals surface area (Å²) in [5.41, 5.74) is 7.03. The summed E-state index contributed by atoms with van der Waals surface area (Å²) in [5.74, 6) is 1.71. The van der Waals surface area contributed by atoms with Gasteiger partial charge in [0.15, 0.2) is 11.5 Å². The Morgan fingerprint density at radius 3 is 2.71 bits per heavy atom. The van der Waals surface area contributed by atoms with E-state index in [1.165, 1.54) is 24.8 Å². The van der Waals surface area contributed by atoms with Gasteiger partial charge in [0, 0.05) is 17.1 Å². The van der Waals surface area contributed by atoms with Crippen molar-refractivity contribution in [3.63, 3.8) is 0 Å². The summed E-state index contributed by atoms with van der Waals surface area (Å²) < 4.78 is 12.4. The molecule has 21 heavy (non-hydrogen) atoms. The Morgan fingerprint density at radius 2 is 1.95 bits per heavy atom. The van der Waals surface area contributed by atoms with Gasteiger partial charge < -0.3 is 15.2 Å². The fourth-order valence-corrected chi connectivity index (χ4v) is 3.68. The minimum absolute atomic E-state index is 0.615. The third-order valence-corrected chi connectivity index (χ3v) is 5.07. The molecule has 2 aliphatic rings. The Bertz CT molecular complexity index is 493. The van der Waals surface area contributed by atoms with Crippen LogP contribution in [0.2, 0.25) is 0 Å². The molecule has 0 aromatic heterocycles. The molecule has 0 bridgehead atoms. The number of ether oxygens (including phenoxy) is 2. The molecule has 0 spiro atoms. The van der Waals surface area contributed by atoms with Crippen LogP contribution in [0, 0.1) is 0 Å². The predicted octanol–water partition coefficient (Wildman–Crippen LogP) is 2.92. The average molecular weight is 355 g/mol.